The monoisotopic (exact) mass is 323 g/mol. The van der Waals surface area contributed by atoms with Crippen LogP contribution >= 0.6 is 34.5 Å². The van der Waals surface area contributed by atoms with E-state index in [0.29, 0.717) is 10.2 Å². The van der Waals surface area contributed by atoms with Gasteiger partial charge in [-0.15, -0.1) is 0 Å². The standard InChI is InChI=1S/C13H7Cl2N3OS/c14-7-4-5-8-10(6-7)20-13(17-8)18-12(19)9-2-1-3-11(15)16-9/h1-6H,(H,17,18,19). The SMILES string of the molecule is O=C(Nc1nc2ccc(Cl)cc2s1)c1cccc(Cl)n1. The van der Waals surface area contributed by atoms with E-state index in [0.717, 1.165) is 10.2 Å². The molecule has 3 aromatic rings. The van der Waals surface area contributed by atoms with Crippen molar-refractivity contribution in [1.29, 1.82) is 0 Å². The zero-order valence-electron chi connectivity index (χ0n) is 9.93. The Hall–Kier alpha value is -1.69. The third kappa shape index (κ3) is 2.75. The first-order valence-corrected chi connectivity index (χ1v) is 7.19. The lowest BCUT2D eigenvalue weighted by Gasteiger charge is -2.00. The van der Waals surface area contributed by atoms with E-state index in [1.165, 1.54) is 11.3 Å². The highest BCUT2D eigenvalue weighted by Gasteiger charge is 2.11. The molecule has 2 heterocycles. The van der Waals surface area contributed by atoms with Crippen LogP contribution in [0, 0.1) is 0 Å². The molecule has 0 unspecified atom stereocenters. The van der Waals surface area contributed by atoms with Gasteiger partial charge in [-0.1, -0.05) is 40.6 Å². The topological polar surface area (TPSA) is 54.9 Å². The molecular formula is C13H7Cl2N3OS. The number of hydrogen-bond acceptors (Lipinski definition) is 4. The van der Waals surface area contributed by atoms with Gasteiger partial charge in [-0.05, 0) is 30.3 Å². The molecule has 100 valence electrons. The number of halogens is 2. The zero-order valence-corrected chi connectivity index (χ0v) is 12.3. The van der Waals surface area contributed by atoms with E-state index in [4.69, 9.17) is 23.2 Å². The molecule has 0 fully saturated rings. The van der Waals surface area contributed by atoms with Gasteiger partial charge in [-0.3, -0.25) is 10.1 Å². The Morgan fingerprint density at radius 1 is 1.15 bits per heavy atom. The summed E-state index contributed by atoms with van der Waals surface area (Å²) in [7, 11) is 0. The molecule has 7 heteroatoms. The predicted molar refractivity (Wildman–Crippen MR) is 81.8 cm³/mol. The number of amides is 1. The first-order valence-electron chi connectivity index (χ1n) is 5.62. The van der Waals surface area contributed by atoms with Crippen LogP contribution < -0.4 is 5.32 Å². The molecule has 4 nitrogen and oxygen atoms in total. The van der Waals surface area contributed by atoms with E-state index in [-0.39, 0.29) is 16.8 Å². The summed E-state index contributed by atoms with van der Waals surface area (Å²) in [6, 6.07) is 10.2. The Morgan fingerprint density at radius 2 is 2.00 bits per heavy atom. The van der Waals surface area contributed by atoms with Crippen molar-refractivity contribution in [2.75, 3.05) is 5.32 Å². The molecular weight excluding hydrogens is 317 g/mol. The number of aromatic nitrogens is 2. The van der Waals surface area contributed by atoms with Crippen molar-refractivity contribution >= 4 is 55.8 Å². The van der Waals surface area contributed by atoms with Crippen molar-refractivity contribution in [3.8, 4) is 0 Å². The first kappa shape index (κ1) is 13.3. The Kier molecular flexibility index (Phi) is 3.56. The summed E-state index contributed by atoms with van der Waals surface area (Å²) in [5.41, 5.74) is 1.03. The minimum Gasteiger partial charge on any atom is -0.296 e. The number of nitrogens with one attached hydrogen (secondary N) is 1. The second-order valence-electron chi connectivity index (χ2n) is 3.93. The van der Waals surface area contributed by atoms with Crippen molar-refractivity contribution in [2.24, 2.45) is 0 Å². The largest absolute Gasteiger partial charge is 0.296 e. The number of rotatable bonds is 2. The molecule has 0 saturated heterocycles. The van der Waals surface area contributed by atoms with E-state index >= 15 is 0 Å². The molecule has 0 atom stereocenters. The number of carbonyl (C=O) groups is 1. The van der Waals surface area contributed by atoms with Gasteiger partial charge in [0.2, 0.25) is 0 Å². The second-order valence-corrected chi connectivity index (χ2v) is 5.79. The molecule has 0 saturated carbocycles. The van der Waals surface area contributed by atoms with E-state index < -0.39 is 0 Å². The highest BCUT2D eigenvalue weighted by Crippen LogP contribution is 2.28. The summed E-state index contributed by atoms with van der Waals surface area (Å²) in [5.74, 6) is -0.349. The van der Waals surface area contributed by atoms with Crippen LogP contribution in [0.15, 0.2) is 36.4 Å². The van der Waals surface area contributed by atoms with Crippen LogP contribution in [-0.2, 0) is 0 Å². The van der Waals surface area contributed by atoms with Crippen molar-refractivity contribution in [2.45, 2.75) is 0 Å². The average Bonchev–Trinajstić information content (AvgIpc) is 2.80. The number of nitrogens with zero attached hydrogens (tertiary/aromatic N) is 2. The lowest BCUT2D eigenvalue weighted by atomic mass is 10.3. The molecule has 1 aromatic carbocycles. The molecule has 1 N–H and O–H groups in total. The van der Waals surface area contributed by atoms with Crippen molar-refractivity contribution in [3.05, 3.63) is 52.3 Å². The van der Waals surface area contributed by atoms with E-state index in [1.54, 1.807) is 24.3 Å². The molecule has 3 rings (SSSR count). The quantitative estimate of drug-likeness (QED) is 0.717. The van der Waals surface area contributed by atoms with Crippen LogP contribution in [0.3, 0.4) is 0 Å². The molecule has 20 heavy (non-hydrogen) atoms. The van der Waals surface area contributed by atoms with E-state index in [2.05, 4.69) is 15.3 Å². The maximum Gasteiger partial charge on any atom is 0.276 e. The number of carbonyl (C=O) groups excluding carboxylic acids is 1. The predicted octanol–water partition coefficient (Wildman–Crippen LogP) is 4.25. The lowest BCUT2D eigenvalue weighted by molar-refractivity contribution is 0.102. The Labute approximate surface area is 128 Å². The molecule has 0 aliphatic heterocycles. The first-order chi connectivity index (χ1) is 9.61. The Morgan fingerprint density at radius 3 is 2.80 bits per heavy atom. The van der Waals surface area contributed by atoms with E-state index in [9.17, 15) is 4.79 Å². The molecule has 1 amide bonds. The lowest BCUT2D eigenvalue weighted by Crippen LogP contribution is -2.13. The fourth-order valence-corrected chi connectivity index (χ4v) is 2.95. The summed E-state index contributed by atoms with van der Waals surface area (Å²) in [6.45, 7) is 0. The van der Waals surface area contributed by atoms with E-state index in [1.807, 2.05) is 12.1 Å². The highest BCUT2D eigenvalue weighted by molar-refractivity contribution is 7.22. The Bertz CT molecular complexity index is 803. The summed E-state index contributed by atoms with van der Waals surface area (Å²) in [6.07, 6.45) is 0. The summed E-state index contributed by atoms with van der Waals surface area (Å²) in [5, 5.41) is 4.10. The molecule has 0 bridgehead atoms. The zero-order chi connectivity index (χ0) is 14.1. The number of benzene rings is 1. The van der Waals surface area contributed by atoms with Crippen LogP contribution in [0.5, 0.6) is 0 Å². The molecule has 0 spiro atoms. The number of pyridine rings is 1. The van der Waals surface area contributed by atoms with Gasteiger partial charge in [0.15, 0.2) is 5.13 Å². The minimum atomic E-state index is -0.349. The maximum absolute atomic E-state index is 12.0. The molecule has 2 aromatic heterocycles. The number of fused-ring (bicyclic) bond motifs is 1. The van der Waals surface area contributed by atoms with Gasteiger partial charge in [-0.25, -0.2) is 9.97 Å². The van der Waals surface area contributed by atoms with Crippen molar-refractivity contribution in [3.63, 3.8) is 0 Å². The summed E-state index contributed by atoms with van der Waals surface area (Å²) >= 11 is 13.0. The van der Waals surface area contributed by atoms with Gasteiger partial charge in [0.1, 0.15) is 10.8 Å². The average molecular weight is 324 g/mol. The molecule has 0 radical (unpaired) electrons. The van der Waals surface area contributed by atoms with Crippen LogP contribution in [0.4, 0.5) is 5.13 Å². The van der Waals surface area contributed by atoms with Gasteiger partial charge in [0.05, 0.1) is 10.2 Å². The van der Waals surface area contributed by atoms with Crippen LogP contribution in [0.1, 0.15) is 10.5 Å². The molecule has 0 aliphatic carbocycles. The van der Waals surface area contributed by atoms with Crippen molar-refractivity contribution < 1.29 is 4.79 Å². The maximum atomic E-state index is 12.0. The number of anilines is 1. The summed E-state index contributed by atoms with van der Waals surface area (Å²) < 4.78 is 0.909. The number of hydrogen-bond donors (Lipinski definition) is 1. The minimum absolute atomic E-state index is 0.245. The normalized spacial score (nSPS) is 10.7. The number of thiazole rings is 1. The third-order valence-electron chi connectivity index (χ3n) is 2.52. The van der Waals surface area contributed by atoms with Gasteiger partial charge in [0.25, 0.3) is 5.91 Å². The highest BCUT2D eigenvalue weighted by atomic mass is 35.5. The smallest absolute Gasteiger partial charge is 0.276 e. The van der Waals surface area contributed by atoms with Gasteiger partial charge in [-0.2, -0.15) is 0 Å². The van der Waals surface area contributed by atoms with Crippen LogP contribution in [0.2, 0.25) is 10.2 Å². The van der Waals surface area contributed by atoms with Crippen LogP contribution in [-0.4, -0.2) is 15.9 Å². The fourth-order valence-electron chi connectivity index (χ4n) is 1.65. The van der Waals surface area contributed by atoms with Gasteiger partial charge < -0.3 is 0 Å². The van der Waals surface area contributed by atoms with Crippen LogP contribution in [0.25, 0.3) is 10.2 Å². The summed E-state index contributed by atoms with van der Waals surface area (Å²) in [4.78, 5) is 20.3. The van der Waals surface area contributed by atoms with Gasteiger partial charge in [0, 0.05) is 5.02 Å². The second kappa shape index (κ2) is 5.36. The molecule has 0 aliphatic rings. The third-order valence-corrected chi connectivity index (χ3v) is 3.90. The van der Waals surface area contributed by atoms with Gasteiger partial charge >= 0.3 is 0 Å². The Balaban J connectivity index is 1.87. The van der Waals surface area contributed by atoms with Crippen molar-refractivity contribution in [1.82, 2.24) is 9.97 Å². The fraction of sp³-hybridized carbons (Fsp3) is 0.